The minimum absolute atomic E-state index is 0.265. The van der Waals surface area contributed by atoms with Crippen LogP contribution in [-0.2, 0) is 17.6 Å². The molecule has 0 spiro atoms. The van der Waals surface area contributed by atoms with E-state index in [-0.39, 0.29) is 5.57 Å². The second-order valence-electron chi connectivity index (χ2n) is 19.8. The molecule has 0 saturated heterocycles. The molecule has 7 nitrogen and oxygen atoms in total. The zero-order valence-corrected chi connectivity index (χ0v) is 46.5. The maximum Gasteiger partial charge on any atom is 0.346 e. The molecule has 390 valence electrons. The lowest BCUT2D eigenvalue weighted by Gasteiger charge is -2.30. The standard InChI is InChI=1S/C68H61N3O4S3/c1-3-5-7-11-25-50-41-60(42-53(45-69)68(72)73)76-64(50)61-43-51(26-12-8-6-4-2)66(77-61)67-63-62(74-35-36-75-63)65(78-67)52-39-58(70(54-27-13-9-14-28-54)56-33-31-46-21-17-19-23-48(46)37-56)44-59(40-52)71(55-29-15-10-16-30-55)57-34-32-47-22-18-20-24-49(47)38-57/h9-10,13-24,27-34,37-44H,3-8,11-12,25-26,35-36H2,1-2H3,(H,72,73)/b53-42+. The Morgan fingerprint density at radius 2 is 1.03 bits per heavy atom. The first-order chi connectivity index (χ1) is 38.4. The molecule has 10 aromatic rings. The van der Waals surface area contributed by atoms with Crippen molar-refractivity contribution in [3.8, 4) is 47.5 Å². The van der Waals surface area contributed by atoms with Crippen LogP contribution in [0, 0.1) is 11.3 Å². The van der Waals surface area contributed by atoms with Gasteiger partial charge in [0, 0.05) is 48.8 Å². The maximum absolute atomic E-state index is 12.1. The number of anilines is 6. The first kappa shape index (κ1) is 52.1. The first-order valence-electron chi connectivity index (χ1n) is 27.2. The Balaban J connectivity index is 1.13. The van der Waals surface area contributed by atoms with Crippen LogP contribution in [0.4, 0.5) is 34.1 Å². The number of nitriles is 1. The highest BCUT2D eigenvalue weighted by molar-refractivity contribution is 7.28. The Labute approximate surface area is 469 Å². The summed E-state index contributed by atoms with van der Waals surface area (Å²) in [4.78, 5) is 23.1. The molecule has 1 aliphatic rings. The van der Waals surface area contributed by atoms with E-state index in [0.29, 0.717) is 13.2 Å². The summed E-state index contributed by atoms with van der Waals surface area (Å²) in [7, 11) is 0. The molecule has 0 radical (unpaired) electrons. The molecule has 4 heterocycles. The predicted octanol–water partition coefficient (Wildman–Crippen LogP) is 20.1. The molecule has 78 heavy (non-hydrogen) atoms. The van der Waals surface area contributed by atoms with Crippen LogP contribution in [0.5, 0.6) is 11.5 Å². The molecule has 11 rings (SSSR count). The molecular weight excluding hydrogens is 1020 g/mol. The molecule has 3 aromatic heterocycles. The first-order valence-corrected chi connectivity index (χ1v) is 29.7. The van der Waals surface area contributed by atoms with Gasteiger partial charge in [-0.3, -0.25) is 0 Å². The highest BCUT2D eigenvalue weighted by atomic mass is 32.1. The van der Waals surface area contributed by atoms with E-state index < -0.39 is 5.97 Å². The molecule has 0 aliphatic carbocycles. The Morgan fingerprint density at radius 3 is 1.55 bits per heavy atom. The summed E-state index contributed by atoms with van der Waals surface area (Å²) < 4.78 is 13.6. The van der Waals surface area contributed by atoms with Gasteiger partial charge in [0.25, 0.3) is 0 Å². The van der Waals surface area contributed by atoms with Crippen molar-refractivity contribution in [1.29, 1.82) is 5.26 Å². The summed E-state index contributed by atoms with van der Waals surface area (Å²) in [6.45, 7) is 5.34. The fourth-order valence-electron chi connectivity index (χ4n) is 10.6. The Kier molecular flexibility index (Phi) is 16.1. The Hall–Kier alpha value is -7.94. The van der Waals surface area contributed by atoms with Crippen LogP contribution in [0.1, 0.15) is 81.2 Å². The fraction of sp³-hybridized carbons (Fsp3) is 0.206. The van der Waals surface area contributed by atoms with E-state index in [9.17, 15) is 15.2 Å². The summed E-state index contributed by atoms with van der Waals surface area (Å²) >= 11 is 5.10. The van der Waals surface area contributed by atoms with Gasteiger partial charge in [0.05, 0.1) is 14.6 Å². The number of fused-ring (bicyclic) bond motifs is 3. The molecule has 10 heteroatoms. The third-order valence-corrected chi connectivity index (χ3v) is 18.2. The van der Waals surface area contributed by atoms with E-state index in [1.165, 1.54) is 39.3 Å². The number of aliphatic carboxylic acids is 1. The average Bonchev–Trinajstić information content (AvgIpc) is 4.29. The van der Waals surface area contributed by atoms with Crippen molar-refractivity contribution in [3.05, 3.63) is 198 Å². The van der Waals surface area contributed by atoms with Gasteiger partial charge in [-0.1, -0.05) is 149 Å². The van der Waals surface area contributed by atoms with Crippen molar-refractivity contribution >= 4 is 102 Å². The number of unbranched alkanes of at least 4 members (excludes halogenated alkanes) is 6. The molecule has 0 atom stereocenters. The van der Waals surface area contributed by atoms with Crippen molar-refractivity contribution in [2.24, 2.45) is 0 Å². The Morgan fingerprint density at radius 1 is 0.513 bits per heavy atom. The van der Waals surface area contributed by atoms with Gasteiger partial charge in [-0.05, 0) is 149 Å². The molecule has 1 N–H and O–H groups in total. The molecule has 0 amide bonds. The van der Waals surface area contributed by atoms with E-state index in [2.05, 4.69) is 200 Å². The summed E-state index contributed by atoms with van der Waals surface area (Å²) in [5, 5.41) is 24.3. The van der Waals surface area contributed by atoms with E-state index in [1.54, 1.807) is 34.0 Å². The number of benzene rings is 7. The number of hydrogen-bond acceptors (Lipinski definition) is 9. The monoisotopic (exact) mass is 1080 g/mol. The van der Waals surface area contributed by atoms with Gasteiger partial charge in [-0.2, -0.15) is 5.26 Å². The zero-order valence-electron chi connectivity index (χ0n) is 44.0. The number of ether oxygens (including phenoxy) is 2. The highest BCUT2D eigenvalue weighted by Gasteiger charge is 2.31. The number of aryl methyl sites for hydroxylation is 2. The van der Waals surface area contributed by atoms with Gasteiger partial charge in [0.1, 0.15) is 24.9 Å². The molecular formula is C68H61N3O4S3. The van der Waals surface area contributed by atoms with Crippen molar-refractivity contribution in [3.63, 3.8) is 0 Å². The number of carbonyl (C=O) groups is 1. The molecule has 0 bridgehead atoms. The normalized spacial score (nSPS) is 12.2. The second-order valence-corrected chi connectivity index (χ2v) is 23.0. The van der Waals surface area contributed by atoms with Gasteiger partial charge in [-0.15, -0.1) is 34.0 Å². The van der Waals surface area contributed by atoms with E-state index >= 15 is 0 Å². The van der Waals surface area contributed by atoms with Crippen LogP contribution in [0.15, 0.2) is 181 Å². The highest BCUT2D eigenvalue weighted by Crippen LogP contribution is 2.58. The number of carboxylic acids is 1. The number of carboxylic acid groups (broad SMARTS) is 1. The predicted molar refractivity (Wildman–Crippen MR) is 329 cm³/mol. The minimum Gasteiger partial charge on any atom is -0.485 e. The van der Waals surface area contributed by atoms with Crippen molar-refractivity contribution in [1.82, 2.24) is 0 Å². The molecule has 0 fully saturated rings. The minimum atomic E-state index is -1.22. The third-order valence-electron chi connectivity index (χ3n) is 14.4. The molecule has 1 aliphatic heterocycles. The number of rotatable bonds is 21. The SMILES string of the molecule is CCCCCCc1cc(/C=C(\C#N)C(=O)O)sc1-c1cc(CCCCCC)c(-c2sc(-c3cc(N(c4ccccc4)c4ccc5ccccc5c4)cc(N(c4ccccc4)c4ccc5ccccc5c4)c3)c3c2OCCO3)s1. The topological polar surface area (TPSA) is 86.0 Å². The number of nitrogens with zero attached hydrogens (tertiary/aromatic N) is 3. The van der Waals surface area contributed by atoms with Gasteiger partial charge in [0.15, 0.2) is 11.5 Å². The van der Waals surface area contributed by atoms with Crippen LogP contribution in [-0.4, -0.2) is 24.3 Å². The van der Waals surface area contributed by atoms with E-state index in [4.69, 9.17) is 9.47 Å². The number of hydrogen-bond donors (Lipinski definition) is 1. The van der Waals surface area contributed by atoms with Gasteiger partial charge < -0.3 is 24.4 Å². The summed E-state index contributed by atoms with van der Waals surface area (Å²) in [5.74, 6) is 0.309. The van der Waals surface area contributed by atoms with Crippen molar-refractivity contribution in [2.45, 2.75) is 78.1 Å². The van der Waals surface area contributed by atoms with Crippen molar-refractivity contribution in [2.75, 3.05) is 23.0 Å². The summed E-state index contributed by atoms with van der Waals surface area (Å²) in [5.41, 5.74) is 9.31. The van der Waals surface area contributed by atoms with Crippen LogP contribution in [0.2, 0.25) is 0 Å². The van der Waals surface area contributed by atoms with Crippen LogP contribution < -0.4 is 19.3 Å². The smallest absolute Gasteiger partial charge is 0.346 e. The quantitative estimate of drug-likeness (QED) is 0.0436. The molecule has 0 unspecified atom stereocenters. The van der Waals surface area contributed by atoms with Gasteiger partial charge >= 0.3 is 5.97 Å². The lowest BCUT2D eigenvalue weighted by atomic mass is 10.0. The van der Waals surface area contributed by atoms with Crippen molar-refractivity contribution < 1.29 is 19.4 Å². The lowest BCUT2D eigenvalue weighted by molar-refractivity contribution is -0.132. The van der Waals surface area contributed by atoms with Crippen LogP contribution in [0.25, 0.3) is 57.6 Å². The largest absolute Gasteiger partial charge is 0.485 e. The van der Waals surface area contributed by atoms with E-state index in [0.717, 1.165) is 144 Å². The number of thiophene rings is 3. The van der Waals surface area contributed by atoms with Crippen LogP contribution in [0.3, 0.4) is 0 Å². The van der Waals surface area contributed by atoms with Gasteiger partial charge in [-0.25, -0.2) is 4.79 Å². The molecule has 0 saturated carbocycles. The number of para-hydroxylation sites is 2. The van der Waals surface area contributed by atoms with E-state index in [1.807, 2.05) is 6.07 Å². The fourth-order valence-corrected chi connectivity index (χ4v) is 14.4. The maximum atomic E-state index is 12.1. The third kappa shape index (κ3) is 11.2. The van der Waals surface area contributed by atoms with Gasteiger partial charge in [0.2, 0.25) is 0 Å². The van der Waals surface area contributed by atoms with Crippen LogP contribution >= 0.6 is 34.0 Å². The zero-order chi connectivity index (χ0) is 53.4. The molecule has 7 aromatic carbocycles. The second kappa shape index (κ2) is 24.2. The average molecular weight is 1080 g/mol. The summed E-state index contributed by atoms with van der Waals surface area (Å²) in [6.07, 6.45) is 12.3. The summed E-state index contributed by atoms with van der Waals surface area (Å²) in [6, 6.07) is 65.0. The Bertz CT molecular complexity index is 3670. The lowest BCUT2D eigenvalue weighted by Crippen LogP contribution is -2.15.